The quantitative estimate of drug-likeness (QED) is 0.863. The topological polar surface area (TPSA) is 110 Å². The molecule has 0 radical (unpaired) electrons. The highest BCUT2D eigenvalue weighted by atomic mass is 32.2. The molecule has 2 N–H and O–H groups in total. The number of nitrogens with zero attached hydrogens (tertiary/aromatic N) is 1. The number of carbonyl (C=O) groups is 1. The third-order valence-electron chi connectivity index (χ3n) is 2.46. The minimum Gasteiger partial charge on any atom is -0.481 e. The molecule has 0 aliphatic heterocycles. The lowest BCUT2D eigenvalue weighted by Gasteiger charge is -2.05. The van der Waals surface area contributed by atoms with Gasteiger partial charge in [-0.25, -0.2) is 8.42 Å². The van der Waals surface area contributed by atoms with Crippen molar-refractivity contribution in [2.24, 2.45) is 0 Å². The van der Waals surface area contributed by atoms with Gasteiger partial charge in [0.05, 0.1) is 11.3 Å². The van der Waals surface area contributed by atoms with Gasteiger partial charge >= 0.3 is 5.97 Å². The molecule has 2 aromatic rings. The van der Waals surface area contributed by atoms with Crippen molar-refractivity contribution in [1.82, 2.24) is 5.16 Å². The number of benzene rings is 1. The summed E-state index contributed by atoms with van der Waals surface area (Å²) in [5, 5.41) is 12.2. The van der Waals surface area contributed by atoms with Gasteiger partial charge in [-0.2, -0.15) is 0 Å². The Labute approximate surface area is 115 Å². The Hall–Kier alpha value is -2.35. The molecule has 0 atom stereocenters. The number of anilines is 1. The van der Waals surface area contributed by atoms with E-state index < -0.39 is 16.0 Å². The smallest absolute Gasteiger partial charge is 0.307 e. The predicted octanol–water partition coefficient (Wildman–Crippen LogP) is 1.41. The zero-order valence-corrected chi connectivity index (χ0v) is 11.3. The first kappa shape index (κ1) is 14.1. The molecule has 1 aromatic carbocycles. The van der Waals surface area contributed by atoms with E-state index in [4.69, 9.17) is 9.63 Å². The second kappa shape index (κ2) is 5.33. The Morgan fingerprint density at radius 3 is 2.50 bits per heavy atom. The van der Waals surface area contributed by atoms with Gasteiger partial charge in [-0.3, -0.25) is 9.52 Å². The fraction of sp³-hybridized carbons (Fsp3) is 0.167. The molecule has 1 aromatic heterocycles. The molecule has 0 amide bonds. The van der Waals surface area contributed by atoms with E-state index in [0.29, 0.717) is 11.3 Å². The summed E-state index contributed by atoms with van der Waals surface area (Å²) in [7, 11) is -3.77. The van der Waals surface area contributed by atoms with Crippen molar-refractivity contribution in [3.63, 3.8) is 0 Å². The van der Waals surface area contributed by atoms with Crippen LogP contribution in [-0.2, 0) is 21.2 Å². The summed E-state index contributed by atoms with van der Waals surface area (Å²) in [6, 6.07) is 7.05. The van der Waals surface area contributed by atoms with Gasteiger partial charge in [-0.15, -0.1) is 0 Å². The second-order valence-corrected chi connectivity index (χ2v) is 5.83. The molecule has 0 saturated carbocycles. The van der Waals surface area contributed by atoms with Crippen LogP contribution in [-0.4, -0.2) is 24.7 Å². The lowest BCUT2D eigenvalue weighted by molar-refractivity contribution is -0.136. The summed E-state index contributed by atoms with van der Waals surface area (Å²) in [4.78, 5) is 10.6. The van der Waals surface area contributed by atoms with E-state index in [2.05, 4.69) is 9.88 Å². The third kappa shape index (κ3) is 3.35. The fourth-order valence-electron chi connectivity index (χ4n) is 1.57. The van der Waals surface area contributed by atoms with Crippen LogP contribution in [0.1, 0.15) is 11.3 Å². The van der Waals surface area contributed by atoms with E-state index >= 15 is 0 Å². The van der Waals surface area contributed by atoms with Crippen molar-refractivity contribution in [2.45, 2.75) is 18.2 Å². The molecule has 2 rings (SSSR count). The van der Waals surface area contributed by atoms with Crippen LogP contribution in [0, 0.1) is 6.92 Å². The van der Waals surface area contributed by atoms with Gasteiger partial charge < -0.3 is 9.63 Å². The van der Waals surface area contributed by atoms with Crippen molar-refractivity contribution in [3.8, 4) is 0 Å². The van der Waals surface area contributed by atoms with Crippen LogP contribution in [0.3, 0.4) is 0 Å². The number of hydrogen-bond donors (Lipinski definition) is 2. The zero-order valence-electron chi connectivity index (χ0n) is 10.5. The maximum atomic E-state index is 12.0. The monoisotopic (exact) mass is 296 g/mol. The summed E-state index contributed by atoms with van der Waals surface area (Å²) >= 11 is 0. The minimum absolute atomic E-state index is 0.0206. The third-order valence-corrected chi connectivity index (χ3v) is 3.83. The molecule has 0 aliphatic rings. The lowest BCUT2D eigenvalue weighted by atomic mass is 10.2. The molecule has 0 fully saturated rings. The van der Waals surface area contributed by atoms with Gasteiger partial charge in [0, 0.05) is 6.07 Å². The first-order valence-electron chi connectivity index (χ1n) is 5.64. The molecular weight excluding hydrogens is 284 g/mol. The number of aromatic nitrogens is 1. The molecule has 106 valence electrons. The molecule has 0 bridgehead atoms. The number of carboxylic acids is 1. The molecule has 1 heterocycles. The SMILES string of the molecule is Cc1cc(NS(=O)(=O)c2ccc(CC(=O)O)cc2)no1. The summed E-state index contributed by atoms with van der Waals surface area (Å²) in [6.07, 6.45) is -0.157. The minimum atomic E-state index is -3.77. The van der Waals surface area contributed by atoms with Crippen LogP contribution in [0.5, 0.6) is 0 Å². The Kier molecular flexibility index (Phi) is 3.75. The number of hydrogen-bond acceptors (Lipinski definition) is 5. The second-order valence-electron chi connectivity index (χ2n) is 4.14. The van der Waals surface area contributed by atoms with E-state index in [1.54, 1.807) is 6.92 Å². The standard InChI is InChI=1S/C12H12N2O5S/c1-8-6-11(13-19-8)14-20(17,18)10-4-2-9(3-5-10)7-12(15)16/h2-6H,7H2,1H3,(H,13,14)(H,15,16). The average Bonchev–Trinajstić information content (AvgIpc) is 2.74. The van der Waals surface area contributed by atoms with Gasteiger partial charge in [0.2, 0.25) is 0 Å². The largest absolute Gasteiger partial charge is 0.481 e. The van der Waals surface area contributed by atoms with Crippen molar-refractivity contribution < 1.29 is 22.8 Å². The molecular formula is C12H12N2O5S. The first-order chi connectivity index (χ1) is 9.37. The van der Waals surface area contributed by atoms with Gasteiger partial charge in [0.15, 0.2) is 5.82 Å². The number of nitrogens with one attached hydrogen (secondary N) is 1. The van der Waals surface area contributed by atoms with Crippen molar-refractivity contribution in [3.05, 3.63) is 41.7 Å². The Balaban J connectivity index is 2.19. The van der Waals surface area contributed by atoms with E-state index in [0.717, 1.165) is 0 Å². The maximum Gasteiger partial charge on any atom is 0.307 e. The van der Waals surface area contributed by atoms with Crippen LogP contribution in [0.25, 0.3) is 0 Å². The molecule has 0 saturated heterocycles. The number of aliphatic carboxylic acids is 1. The van der Waals surface area contributed by atoms with E-state index in [-0.39, 0.29) is 17.1 Å². The van der Waals surface area contributed by atoms with Crippen molar-refractivity contribution in [1.29, 1.82) is 0 Å². The van der Waals surface area contributed by atoms with Crippen LogP contribution in [0.2, 0.25) is 0 Å². The van der Waals surface area contributed by atoms with Gasteiger partial charge in [0.25, 0.3) is 10.0 Å². The van der Waals surface area contributed by atoms with Gasteiger partial charge in [-0.1, -0.05) is 17.3 Å². The van der Waals surface area contributed by atoms with Crippen LogP contribution in [0.4, 0.5) is 5.82 Å². The molecule has 20 heavy (non-hydrogen) atoms. The van der Waals surface area contributed by atoms with Crippen LogP contribution in [0.15, 0.2) is 39.8 Å². The normalized spacial score (nSPS) is 11.2. The number of carboxylic acid groups (broad SMARTS) is 1. The number of rotatable bonds is 5. The highest BCUT2D eigenvalue weighted by Crippen LogP contribution is 2.16. The molecule has 0 aliphatic carbocycles. The van der Waals surface area contributed by atoms with Crippen LogP contribution < -0.4 is 4.72 Å². The van der Waals surface area contributed by atoms with Crippen molar-refractivity contribution in [2.75, 3.05) is 4.72 Å². The van der Waals surface area contributed by atoms with Crippen molar-refractivity contribution >= 4 is 21.8 Å². The summed E-state index contributed by atoms with van der Waals surface area (Å²) in [5.41, 5.74) is 0.522. The molecule has 0 unspecified atom stereocenters. The highest BCUT2D eigenvalue weighted by molar-refractivity contribution is 7.92. The fourth-order valence-corrected chi connectivity index (χ4v) is 2.56. The number of aryl methyl sites for hydroxylation is 1. The summed E-state index contributed by atoms with van der Waals surface area (Å²) in [6.45, 7) is 1.64. The summed E-state index contributed by atoms with van der Waals surface area (Å²) < 4.78 is 31.1. The lowest BCUT2D eigenvalue weighted by Crippen LogP contribution is -2.13. The van der Waals surface area contributed by atoms with Crippen LogP contribution >= 0.6 is 0 Å². The molecule has 8 heteroatoms. The number of sulfonamides is 1. The average molecular weight is 296 g/mol. The zero-order chi connectivity index (χ0) is 14.8. The maximum absolute atomic E-state index is 12.0. The Morgan fingerprint density at radius 2 is 2.00 bits per heavy atom. The molecule has 7 nitrogen and oxygen atoms in total. The van der Waals surface area contributed by atoms with E-state index in [1.165, 1.54) is 30.3 Å². The van der Waals surface area contributed by atoms with Gasteiger partial charge in [-0.05, 0) is 24.6 Å². The Bertz CT molecular complexity index is 719. The Morgan fingerprint density at radius 1 is 1.35 bits per heavy atom. The van der Waals surface area contributed by atoms with E-state index in [1.807, 2.05) is 0 Å². The summed E-state index contributed by atoms with van der Waals surface area (Å²) in [5.74, 6) is -0.395. The van der Waals surface area contributed by atoms with Gasteiger partial charge in [0.1, 0.15) is 5.76 Å². The highest BCUT2D eigenvalue weighted by Gasteiger charge is 2.16. The first-order valence-corrected chi connectivity index (χ1v) is 7.12. The molecule has 0 spiro atoms. The predicted molar refractivity (Wildman–Crippen MR) is 69.8 cm³/mol. The van der Waals surface area contributed by atoms with E-state index in [9.17, 15) is 13.2 Å².